The van der Waals surface area contributed by atoms with Gasteiger partial charge in [0.2, 0.25) is 0 Å². The van der Waals surface area contributed by atoms with Gasteiger partial charge in [0.05, 0.1) is 0 Å². The van der Waals surface area contributed by atoms with Gasteiger partial charge in [-0.15, -0.1) is 0 Å². The predicted octanol–water partition coefficient (Wildman–Crippen LogP) is 10.1. The van der Waals surface area contributed by atoms with Crippen molar-refractivity contribution in [2.45, 2.75) is 13.8 Å². The van der Waals surface area contributed by atoms with Gasteiger partial charge in [-0.2, -0.15) is 0 Å². The van der Waals surface area contributed by atoms with Crippen molar-refractivity contribution >= 4 is 21.5 Å². The fourth-order valence-electron chi connectivity index (χ4n) is 5.94. The van der Waals surface area contributed by atoms with E-state index in [0.29, 0.717) is 0 Å². The summed E-state index contributed by atoms with van der Waals surface area (Å²) < 4.78 is 0. The average Bonchev–Trinajstić information content (AvgIpc) is 3.01. The Hall–Kier alpha value is -5.08. The maximum Gasteiger partial charge on any atom is 0.0346 e. The van der Waals surface area contributed by atoms with Gasteiger partial charge >= 0.3 is 0 Å². The first-order valence-electron chi connectivity index (χ1n) is 13.6. The van der Waals surface area contributed by atoms with E-state index in [1.165, 1.54) is 71.6 Å². The molecule has 190 valence electrons. The summed E-state index contributed by atoms with van der Waals surface area (Å²) in [7, 11) is 0. The number of aromatic nitrogens is 2. The summed E-state index contributed by atoms with van der Waals surface area (Å²) in [6.45, 7) is 4.30. The van der Waals surface area contributed by atoms with Gasteiger partial charge < -0.3 is 0 Å². The summed E-state index contributed by atoms with van der Waals surface area (Å²) >= 11 is 0. The molecular formula is C38H28N2. The third kappa shape index (κ3) is 4.15. The van der Waals surface area contributed by atoms with Crippen LogP contribution in [0.5, 0.6) is 0 Å². The van der Waals surface area contributed by atoms with Crippen molar-refractivity contribution < 1.29 is 0 Å². The van der Waals surface area contributed by atoms with Crippen LogP contribution in [0.25, 0.3) is 66.1 Å². The standard InChI is InChI=1S/C38H28N2/c1-25-21-31(24-40-23-25)27-11-13-29(14-12-27)37-33-7-3-5-9-35(33)38(36-10-6-4-8-34(36)37)32-16-15-30(22-26(32)2)28-17-19-39-20-18-28/h3-24H,1-2H3. The molecule has 5 aromatic carbocycles. The highest BCUT2D eigenvalue weighted by atomic mass is 14.6. The second kappa shape index (κ2) is 9.91. The van der Waals surface area contributed by atoms with Crippen LogP contribution in [0.3, 0.4) is 0 Å². The number of fused-ring (bicyclic) bond motifs is 2. The summed E-state index contributed by atoms with van der Waals surface area (Å²) in [5.41, 5.74) is 12.2. The highest BCUT2D eigenvalue weighted by Crippen LogP contribution is 2.45. The van der Waals surface area contributed by atoms with Crippen LogP contribution in [0.15, 0.2) is 134 Å². The fraction of sp³-hybridized carbons (Fsp3) is 0.0526. The minimum atomic E-state index is 1.14. The van der Waals surface area contributed by atoms with Gasteiger partial charge in [0.15, 0.2) is 0 Å². The Bertz CT molecular complexity index is 1950. The molecule has 0 saturated carbocycles. The Morgan fingerprint density at radius 2 is 0.975 bits per heavy atom. The Balaban J connectivity index is 1.44. The van der Waals surface area contributed by atoms with Gasteiger partial charge in [0.1, 0.15) is 0 Å². The molecule has 7 aromatic rings. The minimum absolute atomic E-state index is 1.14. The highest BCUT2D eigenvalue weighted by molar-refractivity contribution is 6.21. The van der Waals surface area contributed by atoms with Gasteiger partial charge in [-0.25, -0.2) is 0 Å². The van der Waals surface area contributed by atoms with Gasteiger partial charge in [-0.05, 0) is 104 Å². The molecule has 0 fully saturated rings. The largest absolute Gasteiger partial charge is 0.265 e. The quantitative estimate of drug-likeness (QED) is 0.219. The summed E-state index contributed by atoms with van der Waals surface area (Å²) in [6.07, 6.45) is 7.53. The lowest BCUT2D eigenvalue weighted by Crippen LogP contribution is -1.93. The zero-order valence-corrected chi connectivity index (χ0v) is 22.6. The van der Waals surface area contributed by atoms with Crippen molar-refractivity contribution in [1.29, 1.82) is 0 Å². The number of hydrogen-bond donors (Lipinski definition) is 0. The Morgan fingerprint density at radius 3 is 1.57 bits per heavy atom. The lowest BCUT2D eigenvalue weighted by Gasteiger charge is -2.19. The van der Waals surface area contributed by atoms with Crippen LogP contribution >= 0.6 is 0 Å². The van der Waals surface area contributed by atoms with Gasteiger partial charge in [0, 0.05) is 30.4 Å². The Kier molecular flexibility index (Phi) is 5.94. The first-order valence-corrected chi connectivity index (χ1v) is 13.6. The van der Waals surface area contributed by atoms with Crippen molar-refractivity contribution in [3.05, 3.63) is 145 Å². The van der Waals surface area contributed by atoms with E-state index < -0.39 is 0 Å². The smallest absolute Gasteiger partial charge is 0.0346 e. The second-order valence-corrected chi connectivity index (χ2v) is 10.4. The molecule has 0 bridgehead atoms. The zero-order valence-electron chi connectivity index (χ0n) is 22.6. The van der Waals surface area contributed by atoms with E-state index in [0.717, 1.165) is 5.56 Å². The highest BCUT2D eigenvalue weighted by Gasteiger charge is 2.18. The lowest BCUT2D eigenvalue weighted by atomic mass is 9.84. The van der Waals surface area contributed by atoms with E-state index in [9.17, 15) is 0 Å². The first kappa shape index (κ1) is 24.0. The number of benzene rings is 5. The van der Waals surface area contributed by atoms with E-state index in [1.807, 2.05) is 24.8 Å². The topological polar surface area (TPSA) is 25.8 Å². The molecule has 0 amide bonds. The van der Waals surface area contributed by atoms with E-state index in [2.05, 4.69) is 133 Å². The molecular weight excluding hydrogens is 484 g/mol. The average molecular weight is 513 g/mol. The summed E-state index contributed by atoms with van der Waals surface area (Å²) in [5, 5.41) is 5.06. The number of nitrogens with zero attached hydrogens (tertiary/aromatic N) is 2. The summed E-state index contributed by atoms with van der Waals surface area (Å²) in [4.78, 5) is 8.57. The van der Waals surface area contributed by atoms with Crippen LogP contribution in [-0.4, -0.2) is 9.97 Å². The number of aryl methyl sites for hydroxylation is 2. The van der Waals surface area contributed by atoms with E-state index in [1.54, 1.807) is 0 Å². The molecule has 0 unspecified atom stereocenters. The normalized spacial score (nSPS) is 11.2. The minimum Gasteiger partial charge on any atom is -0.265 e. The predicted molar refractivity (Wildman–Crippen MR) is 168 cm³/mol. The number of rotatable bonds is 4. The lowest BCUT2D eigenvalue weighted by molar-refractivity contribution is 1.27. The fourth-order valence-corrected chi connectivity index (χ4v) is 5.94. The van der Waals surface area contributed by atoms with Crippen LogP contribution in [0.1, 0.15) is 11.1 Å². The SMILES string of the molecule is Cc1cncc(-c2ccc(-c3c4ccccc4c(-c4ccc(-c5ccncc5)cc4C)c4ccccc34)cc2)c1. The third-order valence-corrected chi connectivity index (χ3v) is 7.82. The van der Waals surface area contributed by atoms with Crippen LogP contribution in [0.4, 0.5) is 0 Å². The molecule has 0 saturated heterocycles. The molecule has 0 aliphatic heterocycles. The number of hydrogen-bond acceptors (Lipinski definition) is 2. The van der Waals surface area contributed by atoms with Gasteiger partial charge in [-0.3, -0.25) is 9.97 Å². The molecule has 40 heavy (non-hydrogen) atoms. The molecule has 0 aliphatic rings. The van der Waals surface area contributed by atoms with Crippen LogP contribution in [0.2, 0.25) is 0 Å². The third-order valence-electron chi connectivity index (χ3n) is 7.82. The molecule has 0 N–H and O–H groups in total. The van der Waals surface area contributed by atoms with Crippen LogP contribution in [0, 0.1) is 13.8 Å². The van der Waals surface area contributed by atoms with Crippen LogP contribution in [-0.2, 0) is 0 Å². The molecule has 0 radical (unpaired) electrons. The van der Waals surface area contributed by atoms with E-state index in [4.69, 9.17) is 0 Å². The molecule has 0 aliphatic carbocycles. The van der Waals surface area contributed by atoms with E-state index in [-0.39, 0.29) is 0 Å². The van der Waals surface area contributed by atoms with Crippen molar-refractivity contribution in [3.63, 3.8) is 0 Å². The molecule has 0 atom stereocenters. The zero-order chi connectivity index (χ0) is 27.1. The monoisotopic (exact) mass is 512 g/mol. The summed E-state index contributed by atoms with van der Waals surface area (Å²) in [5.74, 6) is 0. The molecule has 2 nitrogen and oxygen atoms in total. The van der Waals surface area contributed by atoms with E-state index >= 15 is 0 Å². The molecule has 0 spiro atoms. The molecule has 7 rings (SSSR count). The number of pyridine rings is 2. The Labute approximate surface area is 234 Å². The van der Waals surface area contributed by atoms with Crippen molar-refractivity contribution in [2.24, 2.45) is 0 Å². The second-order valence-electron chi connectivity index (χ2n) is 10.4. The van der Waals surface area contributed by atoms with Crippen LogP contribution < -0.4 is 0 Å². The molecule has 2 aromatic heterocycles. The summed E-state index contributed by atoms with van der Waals surface area (Å²) in [6, 6.07) is 39.7. The maximum atomic E-state index is 4.39. The van der Waals surface area contributed by atoms with Crippen molar-refractivity contribution in [2.75, 3.05) is 0 Å². The Morgan fingerprint density at radius 1 is 0.425 bits per heavy atom. The molecule has 2 heterocycles. The first-order chi connectivity index (χ1) is 19.7. The molecule has 2 heteroatoms. The van der Waals surface area contributed by atoms with Gasteiger partial charge in [0.25, 0.3) is 0 Å². The van der Waals surface area contributed by atoms with Gasteiger partial charge in [-0.1, -0.05) is 91.0 Å². The van der Waals surface area contributed by atoms with Crippen molar-refractivity contribution in [1.82, 2.24) is 9.97 Å². The van der Waals surface area contributed by atoms with Crippen molar-refractivity contribution in [3.8, 4) is 44.5 Å². The maximum absolute atomic E-state index is 4.39.